The van der Waals surface area contributed by atoms with E-state index in [9.17, 15) is 0 Å². The first kappa shape index (κ1) is 16.2. The molecule has 114 valence electrons. The van der Waals surface area contributed by atoms with Crippen molar-refractivity contribution in [1.82, 2.24) is 4.90 Å². The Morgan fingerprint density at radius 3 is 2.52 bits per heavy atom. The van der Waals surface area contributed by atoms with Gasteiger partial charge in [0.2, 0.25) is 0 Å². The highest BCUT2D eigenvalue weighted by Crippen LogP contribution is 2.29. The summed E-state index contributed by atoms with van der Waals surface area (Å²) in [6.45, 7) is 7.32. The molecule has 0 aliphatic heterocycles. The first-order valence-corrected chi connectivity index (χ1v) is 8.63. The fourth-order valence-electron chi connectivity index (χ4n) is 2.51. The van der Waals surface area contributed by atoms with Crippen LogP contribution in [0.5, 0.6) is 0 Å². The Bertz CT molecular complexity index is 521. The van der Waals surface area contributed by atoms with E-state index in [0.29, 0.717) is 6.04 Å². The van der Waals surface area contributed by atoms with Crippen LogP contribution in [-0.4, -0.2) is 18.0 Å². The Kier molecular flexibility index (Phi) is 6.43. The summed E-state index contributed by atoms with van der Waals surface area (Å²) in [5.74, 6) is 0. The summed E-state index contributed by atoms with van der Waals surface area (Å²) in [5.41, 5.74) is 7.08. The van der Waals surface area contributed by atoms with E-state index in [1.54, 1.807) is 0 Å². The fourth-order valence-corrected chi connectivity index (χ4v) is 3.55. The average molecular weight is 302 g/mol. The molecule has 0 radical (unpaired) electrons. The van der Waals surface area contributed by atoms with E-state index in [0.717, 1.165) is 32.5 Å². The molecule has 21 heavy (non-hydrogen) atoms. The molecule has 1 aromatic carbocycles. The minimum absolute atomic E-state index is 0.446. The van der Waals surface area contributed by atoms with E-state index in [1.165, 1.54) is 15.3 Å². The summed E-state index contributed by atoms with van der Waals surface area (Å²) in [7, 11) is 0. The Labute approximate surface area is 132 Å². The summed E-state index contributed by atoms with van der Waals surface area (Å²) < 4.78 is 0. The Morgan fingerprint density at radius 1 is 1.14 bits per heavy atom. The number of nitrogens with zero attached hydrogens (tertiary/aromatic N) is 1. The second-order valence-corrected chi connectivity index (χ2v) is 6.63. The highest BCUT2D eigenvalue weighted by Gasteiger charge is 2.17. The molecule has 1 atom stereocenters. The summed E-state index contributed by atoms with van der Waals surface area (Å²) in [4.78, 5) is 5.46. The first-order chi connectivity index (χ1) is 10.2. The maximum Gasteiger partial charge on any atom is 0.0416 e. The molecule has 2 nitrogen and oxygen atoms in total. The number of benzene rings is 1. The van der Waals surface area contributed by atoms with Crippen LogP contribution in [0.1, 0.15) is 41.6 Å². The van der Waals surface area contributed by atoms with E-state index in [1.807, 2.05) is 11.3 Å². The number of rotatable bonds is 8. The lowest BCUT2D eigenvalue weighted by atomic mass is 10.1. The van der Waals surface area contributed by atoms with Gasteiger partial charge < -0.3 is 5.73 Å². The standard InChI is InChI=1S/C18H26N2S/c1-3-17-10-11-18(21-17)15(2)20(13-7-12-19)14-16-8-5-4-6-9-16/h4-6,8-11,15H,3,7,12-14,19H2,1-2H3. The molecule has 2 N–H and O–H groups in total. The maximum atomic E-state index is 5.71. The molecule has 1 heterocycles. The van der Waals surface area contributed by atoms with Crippen molar-refractivity contribution in [2.45, 2.75) is 39.3 Å². The van der Waals surface area contributed by atoms with E-state index in [4.69, 9.17) is 5.73 Å². The Balaban J connectivity index is 2.10. The van der Waals surface area contributed by atoms with E-state index < -0.39 is 0 Å². The number of hydrogen-bond donors (Lipinski definition) is 1. The highest BCUT2D eigenvalue weighted by molar-refractivity contribution is 7.12. The molecule has 3 heteroatoms. The quantitative estimate of drug-likeness (QED) is 0.791. The van der Waals surface area contributed by atoms with E-state index >= 15 is 0 Å². The lowest BCUT2D eigenvalue weighted by Crippen LogP contribution is -2.28. The largest absolute Gasteiger partial charge is 0.330 e. The van der Waals surface area contributed by atoms with Crippen molar-refractivity contribution in [3.63, 3.8) is 0 Å². The van der Waals surface area contributed by atoms with Crippen LogP contribution in [0.25, 0.3) is 0 Å². The molecule has 2 aromatic rings. The molecule has 0 fully saturated rings. The maximum absolute atomic E-state index is 5.71. The zero-order chi connectivity index (χ0) is 15.1. The van der Waals surface area contributed by atoms with Gasteiger partial charge in [0.25, 0.3) is 0 Å². The van der Waals surface area contributed by atoms with Crippen LogP contribution in [-0.2, 0) is 13.0 Å². The normalized spacial score (nSPS) is 12.8. The third-order valence-corrected chi connectivity index (χ3v) is 5.27. The fraction of sp³-hybridized carbons (Fsp3) is 0.444. The number of thiophene rings is 1. The lowest BCUT2D eigenvalue weighted by molar-refractivity contribution is 0.203. The van der Waals surface area contributed by atoms with Crippen molar-refractivity contribution in [3.05, 3.63) is 57.8 Å². The summed E-state index contributed by atoms with van der Waals surface area (Å²) >= 11 is 1.94. The molecule has 0 saturated carbocycles. The molecule has 0 bridgehead atoms. The SMILES string of the molecule is CCc1ccc(C(C)N(CCCN)Cc2ccccc2)s1. The minimum atomic E-state index is 0.446. The van der Waals surface area contributed by atoms with Gasteiger partial charge >= 0.3 is 0 Å². The summed E-state index contributed by atoms with van der Waals surface area (Å²) in [5, 5.41) is 0. The minimum Gasteiger partial charge on any atom is -0.330 e. The van der Waals surface area contributed by atoms with Crippen molar-refractivity contribution < 1.29 is 0 Å². The average Bonchev–Trinajstić information content (AvgIpc) is 3.00. The monoisotopic (exact) mass is 302 g/mol. The van der Waals surface area contributed by atoms with Crippen LogP contribution in [0.15, 0.2) is 42.5 Å². The van der Waals surface area contributed by atoms with Crippen molar-refractivity contribution in [1.29, 1.82) is 0 Å². The highest BCUT2D eigenvalue weighted by atomic mass is 32.1. The zero-order valence-corrected chi connectivity index (χ0v) is 13.9. The first-order valence-electron chi connectivity index (χ1n) is 7.81. The van der Waals surface area contributed by atoms with Crippen LogP contribution in [0.3, 0.4) is 0 Å². The third-order valence-electron chi connectivity index (χ3n) is 3.87. The van der Waals surface area contributed by atoms with Crippen molar-refractivity contribution in [2.24, 2.45) is 5.73 Å². The van der Waals surface area contributed by atoms with Crippen LogP contribution in [0, 0.1) is 0 Å². The van der Waals surface area contributed by atoms with Crippen LogP contribution >= 0.6 is 11.3 Å². The molecule has 0 aliphatic rings. The van der Waals surface area contributed by atoms with Gasteiger partial charge in [0, 0.05) is 28.9 Å². The van der Waals surface area contributed by atoms with Gasteiger partial charge in [0.1, 0.15) is 0 Å². The van der Waals surface area contributed by atoms with Gasteiger partial charge in [0.15, 0.2) is 0 Å². The second-order valence-electron chi connectivity index (χ2n) is 5.43. The molecule has 0 amide bonds. The molecule has 0 saturated heterocycles. The van der Waals surface area contributed by atoms with Gasteiger partial charge in [0.05, 0.1) is 0 Å². The Morgan fingerprint density at radius 2 is 1.90 bits per heavy atom. The van der Waals surface area contributed by atoms with Crippen molar-refractivity contribution in [3.8, 4) is 0 Å². The molecule has 2 rings (SSSR count). The smallest absolute Gasteiger partial charge is 0.0416 e. The van der Waals surface area contributed by atoms with Gasteiger partial charge in [-0.25, -0.2) is 0 Å². The molecular weight excluding hydrogens is 276 g/mol. The molecular formula is C18H26N2S. The van der Waals surface area contributed by atoms with Crippen molar-refractivity contribution in [2.75, 3.05) is 13.1 Å². The lowest BCUT2D eigenvalue weighted by Gasteiger charge is -2.28. The molecule has 1 unspecified atom stereocenters. The number of aryl methyl sites for hydroxylation is 1. The predicted molar refractivity (Wildman–Crippen MR) is 92.6 cm³/mol. The topological polar surface area (TPSA) is 29.3 Å². The van der Waals surface area contributed by atoms with Gasteiger partial charge in [-0.15, -0.1) is 11.3 Å². The summed E-state index contributed by atoms with van der Waals surface area (Å²) in [6.07, 6.45) is 2.17. The van der Waals surface area contributed by atoms with Crippen LogP contribution < -0.4 is 5.73 Å². The third kappa shape index (κ3) is 4.67. The van der Waals surface area contributed by atoms with Gasteiger partial charge in [-0.2, -0.15) is 0 Å². The van der Waals surface area contributed by atoms with Crippen LogP contribution in [0.2, 0.25) is 0 Å². The van der Waals surface area contributed by atoms with Crippen LogP contribution in [0.4, 0.5) is 0 Å². The molecule has 0 spiro atoms. The predicted octanol–water partition coefficient (Wildman–Crippen LogP) is 4.22. The molecule has 0 aliphatic carbocycles. The zero-order valence-electron chi connectivity index (χ0n) is 13.1. The van der Waals surface area contributed by atoms with E-state index in [-0.39, 0.29) is 0 Å². The van der Waals surface area contributed by atoms with Crippen molar-refractivity contribution >= 4 is 11.3 Å². The number of hydrogen-bond acceptors (Lipinski definition) is 3. The second kappa shape index (κ2) is 8.32. The van der Waals surface area contributed by atoms with Gasteiger partial charge in [-0.05, 0) is 44.0 Å². The van der Waals surface area contributed by atoms with Gasteiger partial charge in [-0.3, -0.25) is 4.90 Å². The molecule has 1 aromatic heterocycles. The van der Waals surface area contributed by atoms with E-state index in [2.05, 4.69) is 61.2 Å². The summed E-state index contributed by atoms with van der Waals surface area (Å²) in [6, 6.07) is 15.7. The van der Waals surface area contributed by atoms with Gasteiger partial charge in [-0.1, -0.05) is 37.3 Å². The Hall–Kier alpha value is -1.16. The number of nitrogens with two attached hydrogens (primary N) is 1.